The molecule has 6 heteroatoms. The molecule has 1 saturated heterocycles. The van der Waals surface area contributed by atoms with Crippen LogP contribution >= 0.6 is 11.6 Å². The van der Waals surface area contributed by atoms with Gasteiger partial charge in [-0.15, -0.1) is 0 Å². The van der Waals surface area contributed by atoms with Crippen molar-refractivity contribution in [1.29, 1.82) is 0 Å². The van der Waals surface area contributed by atoms with Crippen molar-refractivity contribution in [2.24, 2.45) is 0 Å². The molecule has 1 fully saturated rings. The molecule has 5 nitrogen and oxygen atoms in total. The van der Waals surface area contributed by atoms with Crippen LogP contribution in [0.5, 0.6) is 0 Å². The molecule has 1 amide bonds. The summed E-state index contributed by atoms with van der Waals surface area (Å²) in [5, 5.41) is 0.737. The smallest absolute Gasteiger partial charge is 0.257 e. The lowest BCUT2D eigenvalue weighted by Gasteiger charge is -2.36. The molecule has 1 aliphatic rings. The van der Waals surface area contributed by atoms with Crippen LogP contribution in [-0.2, 0) is 0 Å². The van der Waals surface area contributed by atoms with Gasteiger partial charge in [0.1, 0.15) is 5.82 Å². The fourth-order valence-corrected chi connectivity index (χ4v) is 2.93. The zero-order chi connectivity index (χ0) is 16.4. The molecular weight excluding hydrogens is 312 g/mol. The minimum Gasteiger partial charge on any atom is -0.368 e. The first-order chi connectivity index (χ1) is 11.0. The van der Waals surface area contributed by atoms with Crippen molar-refractivity contribution in [3.8, 4) is 0 Å². The average molecular weight is 331 g/mol. The Balaban J connectivity index is 1.67. The summed E-state index contributed by atoms with van der Waals surface area (Å²) in [4.78, 5) is 24.8. The third-order valence-electron chi connectivity index (χ3n) is 4.11. The van der Waals surface area contributed by atoms with E-state index in [0.717, 1.165) is 23.8 Å². The van der Waals surface area contributed by atoms with Gasteiger partial charge in [0.15, 0.2) is 0 Å². The van der Waals surface area contributed by atoms with E-state index in [2.05, 4.69) is 21.8 Å². The number of hydrogen-bond acceptors (Lipinski definition) is 4. The van der Waals surface area contributed by atoms with Gasteiger partial charge >= 0.3 is 0 Å². The highest BCUT2D eigenvalue weighted by atomic mass is 35.5. The number of carbonyl (C=O) groups is 1. The van der Waals surface area contributed by atoms with Crippen molar-refractivity contribution in [2.75, 3.05) is 31.1 Å². The monoisotopic (exact) mass is 330 g/mol. The Kier molecular flexibility index (Phi) is 4.48. The van der Waals surface area contributed by atoms with Crippen molar-refractivity contribution < 1.29 is 4.79 Å². The second kappa shape index (κ2) is 6.54. The van der Waals surface area contributed by atoms with Gasteiger partial charge in [0.05, 0.1) is 5.56 Å². The lowest BCUT2D eigenvalue weighted by Crippen LogP contribution is -2.49. The summed E-state index contributed by atoms with van der Waals surface area (Å²) < 4.78 is 0. The molecule has 1 aromatic heterocycles. The van der Waals surface area contributed by atoms with Gasteiger partial charge in [0, 0.05) is 49.3 Å². The van der Waals surface area contributed by atoms with Crippen molar-refractivity contribution in [3.05, 3.63) is 52.6 Å². The zero-order valence-corrected chi connectivity index (χ0v) is 14.0. The van der Waals surface area contributed by atoms with Gasteiger partial charge in [-0.25, -0.2) is 9.97 Å². The van der Waals surface area contributed by atoms with Crippen LogP contribution in [0.3, 0.4) is 0 Å². The SMILES string of the molecule is Cc1ncc(C(=O)N2CCN(c3cc(Cl)ccc3C)CC2)cn1. The number of aryl methyl sites for hydroxylation is 2. The fourth-order valence-electron chi connectivity index (χ4n) is 2.76. The van der Waals surface area contributed by atoms with E-state index in [1.54, 1.807) is 19.3 Å². The fraction of sp³-hybridized carbons (Fsp3) is 0.353. The average Bonchev–Trinajstić information content (AvgIpc) is 2.57. The summed E-state index contributed by atoms with van der Waals surface area (Å²) in [6.45, 7) is 6.82. The van der Waals surface area contributed by atoms with Crippen LogP contribution in [-0.4, -0.2) is 47.0 Å². The number of benzene rings is 1. The topological polar surface area (TPSA) is 49.3 Å². The molecule has 2 aromatic rings. The van der Waals surface area contributed by atoms with Crippen molar-refractivity contribution in [2.45, 2.75) is 13.8 Å². The number of carbonyl (C=O) groups excluding carboxylic acids is 1. The van der Waals surface area contributed by atoms with Gasteiger partial charge in [0.25, 0.3) is 5.91 Å². The molecule has 120 valence electrons. The molecule has 23 heavy (non-hydrogen) atoms. The van der Waals surface area contributed by atoms with Crippen LogP contribution in [0.2, 0.25) is 5.02 Å². The summed E-state index contributed by atoms with van der Waals surface area (Å²) in [7, 11) is 0. The predicted octanol–water partition coefficient (Wildman–Crippen LogP) is 2.71. The Morgan fingerprint density at radius 2 is 1.74 bits per heavy atom. The van der Waals surface area contributed by atoms with E-state index in [-0.39, 0.29) is 5.91 Å². The van der Waals surface area contributed by atoms with E-state index >= 15 is 0 Å². The zero-order valence-electron chi connectivity index (χ0n) is 13.3. The van der Waals surface area contributed by atoms with Crippen LogP contribution in [0, 0.1) is 13.8 Å². The van der Waals surface area contributed by atoms with Crippen LogP contribution in [0.25, 0.3) is 0 Å². The third kappa shape index (κ3) is 3.45. The molecule has 0 bridgehead atoms. The minimum atomic E-state index is -0.00698. The van der Waals surface area contributed by atoms with Gasteiger partial charge in [-0.05, 0) is 31.5 Å². The van der Waals surface area contributed by atoms with Gasteiger partial charge in [-0.3, -0.25) is 4.79 Å². The molecular formula is C17H19ClN4O. The number of nitrogens with zero attached hydrogens (tertiary/aromatic N) is 4. The van der Waals surface area contributed by atoms with Crippen molar-refractivity contribution in [1.82, 2.24) is 14.9 Å². The molecule has 0 saturated carbocycles. The number of aromatic nitrogens is 2. The Labute approximate surface area is 140 Å². The molecule has 0 aliphatic carbocycles. The summed E-state index contributed by atoms with van der Waals surface area (Å²) in [5.74, 6) is 0.662. The maximum atomic E-state index is 12.5. The van der Waals surface area contributed by atoms with Gasteiger partial charge in [-0.1, -0.05) is 17.7 Å². The standard InChI is InChI=1S/C17H19ClN4O/c1-12-3-4-15(18)9-16(12)21-5-7-22(8-6-21)17(23)14-10-19-13(2)20-11-14/h3-4,9-11H,5-8H2,1-2H3. The maximum absolute atomic E-state index is 12.5. The summed E-state index contributed by atoms with van der Waals surface area (Å²) in [6, 6.07) is 5.92. The molecule has 3 rings (SSSR count). The first-order valence-corrected chi connectivity index (χ1v) is 8.01. The minimum absolute atomic E-state index is 0.00698. The summed E-state index contributed by atoms with van der Waals surface area (Å²) in [6.07, 6.45) is 3.19. The second-order valence-electron chi connectivity index (χ2n) is 5.73. The van der Waals surface area contributed by atoms with Crippen LogP contribution in [0.1, 0.15) is 21.7 Å². The molecule has 0 unspecified atom stereocenters. The van der Waals surface area contributed by atoms with Crippen molar-refractivity contribution in [3.63, 3.8) is 0 Å². The van der Waals surface area contributed by atoms with Crippen LogP contribution in [0.15, 0.2) is 30.6 Å². The number of hydrogen-bond donors (Lipinski definition) is 0. The van der Waals surface area contributed by atoms with E-state index in [1.165, 1.54) is 5.56 Å². The van der Waals surface area contributed by atoms with Gasteiger partial charge < -0.3 is 9.80 Å². The van der Waals surface area contributed by atoms with E-state index in [9.17, 15) is 4.79 Å². The molecule has 1 aromatic carbocycles. The molecule has 0 radical (unpaired) electrons. The number of anilines is 1. The largest absolute Gasteiger partial charge is 0.368 e. The van der Waals surface area contributed by atoms with E-state index in [1.807, 2.05) is 23.1 Å². The Morgan fingerprint density at radius 1 is 1.09 bits per heavy atom. The number of rotatable bonds is 2. The number of halogens is 1. The first-order valence-electron chi connectivity index (χ1n) is 7.63. The molecule has 1 aliphatic heterocycles. The molecule has 0 atom stereocenters. The van der Waals surface area contributed by atoms with Crippen LogP contribution < -0.4 is 4.90 Å². The lowest BCUT2D eigenvalue weighted by molar-refractivity contribution is 0.0746. The molecule has 0 spiro atoms. The predicted molar refractivity (Wildman–Crippen MR) is 91.1 cm³/mol. The highest BCUT2D eigenvalue weighted by Crippen LogP contribution is 2.25. The third-order valence-corrected chi connectivity index (χ3v) is 4.34. The quantitative estimate of drug-likeness (QED) is 0.849. The molecule has 2 heterocycles. The Hall–Kier alpha value is -2.14. The summed E-state index contributed by atoms with van der Waals surface area (Å²) in [5.41, 5.74) is 2.88. The van der Waals surface area contributed by atoms with Crippen LogP contribution in [0.4, 0.5) is 5.69 Å². The van der Waals surface area contributed by atoms with E-state index in [4.69, 9.17) is 11.6 Å². The van der Waals surface area contributed by atoms with Crippen molar-refractivity contribution >= 4 is 23.2 Å². The normalized spacial score (nSPS) is 14.9. The highest BCUT2D eigenvalue weighted by molar-refractivity contribution is 6.30. The number of amides is 1. The summed E-state index contributed by atoms with van der Waals surface area (Å²) >= 11 is 6.10. The maximum Gasteiger partial charge on any atom is 0.257 e. The lowest BCUT2D eigenvalue weighted by atomic mass is 10.1. The number of piperazine rings is 1. The molecule has 0 N–H and O–H groups in total. The van der Waals surface area contributed by atoms with E-state index in [0.29, 0.717) is 24.5 Å². The van der Waals surface area contributed by atoms with Gasteiger partial charge in [-0.2, -0.15) is 0 Å². The Morgan fingerprint density at radius 3 is 2.39 bits per heavy atom. The van der Waals surface area contributed by atoms with Gasteiger partial charge in [0.2, 0.25) is 0 Å². The van der Waals surface area contributed by atoms with E-state index < -0.39 is 0 Å². The first kappa shape index (κ1) is 15.7. The second-order valence-corrected chi connectivity index (χ2v) is 6.17. The highest BCUT2D eigenvalue weighted by Gasteiger charge is 2.23. The Bertz CT molecular complexity index is 709.